The zero-order chi connectivity index (χ0) is 19.6. The summed E-state index contributed by atoms with van der Waals surface area (Å²) in [7, 11) is 0. The average molecular weight is 377 g/mol. The fraction of sp³-hybridized carbons (Fsp3) is 0.389. The number of carboxylic acid groups (broad SMARTS) is 1. The van der Waals surface area contributed by atoms with Gasteiger partial charge in [0.25, 0.3) is 5.91 Å². The molecule has 0 radical (unpaired) electrons. The van der Waals surface area contributed by atoms with Gasteiger partial charge in [-0.3, -0.25) is 9.59 Å². The highest BCUT2D eigenvalue weighted by Crippen LogP contribution is 2.22. The van der Waals surface area contributed by atoms with Gasteiger partial charge in [0, 0.05) is 29.9 Å². The monoisotopic (exact) mass is 377 g/mol. The lowest BCUT2D eigenvalue weighted by molar-refractivity contribution is -0.357. The number of rotatable bonds is 6. The molecule has 1 saturated heterocycles. The molecular weight excluding hydrogens is 355 g/mol. The molecule has 0 bridgehead atoms. The molecule has 9 heteroatoms. The maximum atomic E-state index is 13.7. The number of aliphatic carboxylic acids is 1. The Labute approximate surface area is 154 Å². The van der Waals surface area contributed by atoms with Crippen LogP contribution in [0.15, 0.2) is 30.5 Å². The summed E-state index contributed by atoms with van der Waals surface area (Å²) in [6.45, 7) is -0.263. The number of H-pyrrole nitrogens is 1. The molecule has 0 aliphatic carbocycles. The minimum Gasteiger partial charge on any atom is -0.480 e. The van der Waals surface area contributed by atoms with Gasteiger partial charge in [-0.2, -0.15) is 0 Å². The predicted molar refractivity (Wildman–Crippen MR) is 94.3 cm³/mol. The Kier molecular flexibility index (Phi) is 5.41. The number of nitrogens with one attached hydrogen (secondary N) is 2. The fourth-order valence-electron chi connectivity index (χ4n) is 3.44. The third kappa shape index (κ3) is 3.92. The highest BCUT2D eigenvalue weighted by atomic mass is 19.1. The van der Waals surface area contributed by atoms with E-state index in [-0.39, 0.29) is 25.9 Å². The predicted octanol–water partition coefficient (Wildman–Crippen LogP) is -0.539. The molecule has 3 unspecified atom stereocenters. The molecule has 27 heavy (non-hydrogen) atoms. The number of benzene rings is 1. The molecule has 0 spiro atoms. The van der Waals surface area contributed by atoms with Crippen molar-refractivity contribution >= 4 is 28.7 Å². The van der Waals surface area contributed by atoms with E-state index in [1.54, 1.807) is 6.20 Å². The Hall–Kier alpha value is -2.94. The second-order valence-corrected chi connectivity index (χ2v) is 6.61. The molecule has 144 valence electrons. The number of carbonyl (C=O) groups is 3. The lowest BCUT2D eigenvalue weighted by Crippen LogP contribution is -2.60. The first-order valence-corrected chi connectivity index (χ1v) is 8.71. The maximum absolute atomic E-state index is 13.7. The van der Waals surface area contributed by atoms with Gasteiger partial charge in [0.05, 0.1) is 6.54 Å². The molecule has 3 rings (SSSR count). The summed E-state index contributed by atoms with van der Waals surface area (Å²) in [6.07, 6.45) is 0.323. The lowest BCUT2D eigenvalue weighted by Gasteiger charge is -2.24. The smallest absolute Gasteiger partial charge is 0.326 e. The van der Waals surface area contributed by atoms with Crippen LogP contribution in [0.5, 0.6) is 0 Å². The Morgan fingerprint density at radius 1 is 1.37 bits per heavy atom. The van der Waals surface area contributed by atoms with Gasteiger partial charge in [0.1, 0.15) is 18.3 Å². The van der Waals surface area contributed by atoms with Crippen molar-refractivity contribution in [1.82, 2.24) is 15.2 Å². The highest BCUT2D eigenvalue weighted by Gasteiger charge is 2.40. The number of hydrogen-bond acceptors (Lipinski definition) is 3. The Morgan fingerprint density at radius 3 is 2.81 bits per heavy atom. The molecule has 1 aromatic carbocycles. The second kappa shape index (κ2) is 7.75. The number of amides is 2. The minimum atomic E-state index is -1.31. The Balaban J connectivity index is 1.75. The van der Waals surface area contributed by atoms with Crippen molar-refractivity contribution in [1.29, 1.82) is 0 Å². The second-order valence-electron chi connectivity index (χ2n) is 6.61. The number of hydrogen-bond donors (Lipinski definition) is 4. The first kappa shape index (κ1) is 18.8. The molecule has 2 amide bonds. The number of carboxylic acids is 1. The minimum absolute atomic E-state index is 0.0696. The van der Waals surface area contributed by atoms with Gasteiger partial charge >= 0.3 is 5.97 Å². The summed E-state index contributed by atoms with van der Waals surface area (Å²) in [5, 5.41) is 12.8. The highest BCUT2D eigenvalue weighted by molar-refractivity contribution is 5.91. The van der Waals surface area contributed by atoms with Crippen molar-refractivity contribution in [2.75, 3.05) is 13.1 Å². The molecule has 1 aromatic heterocycles. The van der Waals surface area contributed by atoms with Crippen LogP contribution in [0.25, 0.3) is 10.9 Å². The summed E-state index contributed by atoms with van der Waals surface area (Å²) < 4.78 is 13.7. The van der Waals surface area contributed by atoms with Crippen molar-refractivity contribution in [3.8, 4) is 0 Å². The molecule has 1 aliphatic rings. The van der Waals surface area contributed by atoms with Crippen LogP contribution in [0.2, 0.25) is 0 Å². The molecule has 8 nitrogen and oxygen atoms in total. The van der Waals surface area contributed by atoms with E-state index in [0.29, 0.717) is 0 Å². The van der Waals surface area contributed by atoms with Crippen LogP contribution >= 0.6 is 0 Å². The average Bonchev–Trinajstić information content (AvgIpc) is 3.24. The van der Waals surface area contributed by atoms with E-state index in [1.165, 1.54) is 0 Å². The van der Waals surface area contributed by atoms with Gasteiger partial charge in [-0.1, -0.05) is 18.2 Å². The van der Waals surface area contributed by atoms with Crippen molar-refractivity contribution in [2.45, 2.75) is 31.1 Å². The van der Waals surface area contributed by atoms with Crippen molar-refractivity contribution < 1.29 is 29.6 Å². The summed E-state index contributed by atoms with van der Waals surface area (Å²) in [4.78, 5) is 40.3. The zero-order valence-corrected chi connectivity index (χ0v) is 14.7. The lowest BCUT2D eigenvalue weighted by atomic mass is 10.0. The van der Waals surface area contributed by atoms with E-state index in [1.807, 2.05) is 24.3 Å². The number of carbonyl (C=O) groups excluding carboxylic acids is 2. The quantitative estimate of drug-likeness (QED) is 0.539. The first-order chi connectivity index (χ1) is 12.9. The van der Waals surface area contributed by atoms with Crippen molar-refractivity contribution in [3.05, 3.63) is 36.0 Å². The number of fused-ring (bicyclic) bond motifs is 1. The van der Waals surface area contributed by atoms with Gasteiger partial charge in [0.15, 0.2) is 6.54 Å². The molecule has 3 atom stereocenters. The van der Waals surface area contributed by atoms with Crippen LogP contribution in [-0.4, -0.2) is 64.1 Å². The molecule has 2 aromatic rings. The Morgan fingerprint density at radius 2 is 2.11 bits per heavy atom. The van der Waals surface area contributed by atoms with E-state index in [9.17, 15) is 23.9 Å². The summed E-state index contributed by atoms with van der Waals surface area (Å²) in [5.74, 6) is -2.29. The number of nitrogens with zero attached hydrogens (tertiary/aromatic N) is 1. The molecule has 0 saturated carbocycles. The van der Waals surface area contributed by atoms with E-state index in [0.717, 1.165) is 21.4 Å². The van der Waals surface area contributed by atoms with E-state index < -0.39 is 36.0 Å². The van der Waals surface area contributed by atoms with Crippen LogP contribution in [0.1, 0.15) is 12.0 Å². The van der Waals surface area contributed by atoms with Gasteiger partial charge < -0.3 is 26.0 Å². The van der Waals surface area contributed by atoms with Crippen LogP contribution < -0.4 is 11.1 Å². The number of para-hydroxylation sites is 1. The first-order valence-electron chi connectivity index (χ1n) is 8.71. The van der Waals surface area contributed by atoms with Gasteiger partial charge in [-0.25, -0.2) is 9.18 Å². The third-order valence-electron chi connectivity index (χ3n) is 4.80. The third-order valence-corrected chi connectivity index (χ3v) is 4.80. The van der Waals surface area contributed by atoms with Crippen LogP contribution in [0.3, 0.4) is 0 Å². The fourth-order valence-corrected chi connectivity index (χ4v) is 3.44. The number of aromatic nitrogens is 1. The van der Waals surface area contributed by atoms with E-state index in [2.05, 4.69) is 16.0 Å². The number of alkyl halides is 1. The number of quaternary nitrogens is 1. The molecule has 1 aliphatic heterocycles. The molecule has 6 N–H and O–H groups in total. The van der Waals surface area contributed by atoms with Crippen LogP contribution in [0, 0.1) is 0 Å². The zero-order valence-electron chi connectivity index (χ0n) is 14.7. The number of aromatic amines is 1. The van der Waals surface area contributed by atoms with Crippen molar-refractivity contribution in [2.24, 2.45) is 0 Å². The number of halogens is 1. The summed E-state index contributed by atoms with van der Waals surface area (Å²) in [6, 6.07) is 5.24. The van der Waals surface area contributed by atoms with Crippen LogP contribution in [0.4, 0.5) is 4.39 Å². The van der Waals surface area contributed by atoms with E-state index in [4.69, 9.17) is 0 Å². The SMILES string of the molecule is [NH3+]CC(=O)N1CC(F)CC1C(=O)NC(Cc1c[nH]c2ccccc12)C(=O)O. The summed E-state index contributed by atoms with van der Waals surface area (Å²) >= 11 is 0. The van der Waals surface area contributed by atoms with Crippen LogP contribution in [-0.2, 0) is 20.8 Å². The van der Waals surface area contributed by atoms with E-state index >= 15 is 0 Å². The normalized spacial score (nSPS) is 20.6. The van der Waals surface area contributed by atoms with Gasteiger partial charge in [-0.05, 0) is 11.6 Å². The van der Waals surface area contributed by atoms with Crippen molar-refractivity contribution in [3.63, 3.8) is 0 Å². The summed E-state index contributed by atoms with van der Waals surface area (Å²) in [5.41, 5.74) is 5.09. The molecule has 2 heterocycles. The van der Waals surface area contributed by atoms with Gasteiger partial charge in [-0.15, -0.1) is 0 Å². The molecule has 1 fully saturated rings. The maximum Gasteiger partial charge on any atom is 0.326 e. The topological polar surface area (TPSA) is 130 Å². The number of likely N-dealkylation sites (tertiary alicyclic amines) is 1. The Bertz CT molecular complexity index is 868. The standard InChI is InChI=1S/C18H21FN4O4/c19-11-6-15(23(9-11)16(24)7-20)17(25)22-14(18(26)27)5-10-8-21-13-4-2-1-3-12(10)13/h1-4,8,11,14-15,21H,5-7,9,20H2,(H,22,25)(H,26,27)/p+1. The largest absolute Gasteiger partial charge is 0.480 e. The molecular formula is C18H22FN4O4+. The van der Waals surface area contributed by atoms with Gasteiger partial charge in [0.2, 0.25) is 5.91 Å².